The zero-order chi connectivity index (χ0) is 17.9. The second kappa shape index (κ2) is 6.71. The lowest BCUT2D eigenvalue weighted by molar-refractivity contribution is -0.137. The van der Waals surface area contributed by atoms with Crippen molar-refractivity contribution in [1.29, 1.82) is 0 Å². The van der Waals surface area contributed by atoms with Crippen molar-refractivity contribution in [3.05, 3.63) is 66.2 Å². The predicted molar refractivity (Wildman–Crippen MR) is 82.9 cm³/mol. The van der Waals surface area contributed by atoms with Gasteiger partial charge in [-0.25, -0.2) is 14.6 Å². The van der Waals surface area contributed by atoms with Crippen molar-refractivity contribution in [2.75, 3.05) is 5.32 Å². The van der Waals surface area contributed by atoms with Crippen LogP contribution in [-0.4, -0.2) is 25.7 Å². The third-order valence-corrected chi connectivity index (χ3v) is 3.28. The van der Waals surface area contributed by atoms with Crippen LogP contribution in [-0.2, 0) is 17.4 Å². The molecule has 0 radical (unpaired) electrons. The Kier molecular flexibility index (Phi) is 4.46. The summed E-state index contributed by atoms with van der Waals surface area (Å²) >= 11 is 0. The number of halogens is 3. The highest BCUT2D eigenvalue weighted by Gasteiger charge is 2.29. The van der Waals surface area contributed by atoms with Crippen LogP contribution in [0.2, 0.25) is 0 Å². The summed E-state index contributed by atoms with van der Waals surface area (Å²) < 4.78 is 39.0. The largest absolute Gasteiger partial charge is 0.416 e. The number of carbonyl (C=O) groups is 1. The highest BCUT2D eigenvalue weighted by atomic mass is 19.4. The van der Waals surface area contributed by atoms with Crippen LogP contribution in [0.1, 0.15) is 11.1 Å². The number of benzene rings is 1. The number of alkyl halides is 3. The number of nitrogens with one attached hydrogen (secondary N) is 1. The summed E-state index contributed by atoms with van der Waals surface area (Å²) in [5.74, 6) is -0.0269. The number of hydrogen-bond acceptors (Lipinski definition) is 4. The Hall–Kier alpha value is -3.23. The monoisotopic (exact) mass is 347 g/mol. The predicted octanol–water partition coefficient (Wildman–Crippen LogP) is 2.86. The first kappa shape index (κ1) is 16.6. The Bertz CT molecular complexity index is 843. The molecule has 0 unspecified atom stereocenters. The van der Waals surface area contributed by atoms with Crippen molar-refractivity contribution in [2.45, 2.75) is 12.6 Å². The number of carbonyl (C=O) groups excluding carboxylic acids is 1. The van der Waals surface area contributed by atoms with Crippen molar-refractivity contribution in [2.24, 2.45) is 0 Å². The Labute approximate surface area is 140 Å². The number of hydrogen-bond donors (Lipinski definition) is 1. The number of nitrogens with zero attached hydrogens (tertiary/aromatic N) is 4. The fraction of sp³-hybridized carbons (Fsp3) is 0.125. The molecule has 1 amide bonds. The van der Waals surface area contributed by atoms with Gasteiger partial charge in [-0.05, 0) is 23.8 Å². The summed E-state index contributed by atoms with van der Waals surface area (Å²) in [5, 5.41) is 6.57. The third-order valence-electron chi connectivity index (χ3n) is 3.28. The molecule has 2 heterocycles. The Morgan fingerprint density at radius 3 is 2.36 bits per heavy atom. The van der Waals surface area contributed by atoms with Crippen LogP contribution < -0.4 is 5.32 Å². The van der Waals surface area contributed by atoms with Crippen LogP contribution in [0.4, 0.5) is 18.9 Å². The van der Waals surface area contributed by atoms with Crippen molar-refractivity contribution < 1.29 is 18.0 Å². The van der Waals surface area contributed by atoms with Gasteiger partial charge in [0.25, 0.3) is 5.95 Å². The molecule has 0 saturated heterocycles. The highest BCUT2D eigenvalue weighted by Crippen LogP contribution is 2.29. The third kappa shape index (κ3) is 4.19. The van der Waals surface area contributed by atoms with Crippen molar-refractivity contribution in [1.82, 2.24) is 19.7 Å². The molecule has 0 aliphatic rings. The van der Waals surface area contributed by atoms with Gasteiger partial charge in [-0.1, -0.05) is 12.1 Å². The first-order chi connectivity index (χ1) is 11.9. The van der Waals surface area contributed by atoms with E-state index in [0.29, 0.717) is 17.2 Å². The summed E-state index contributed by atoms with van der Waals surface area (Å²) in [5.41, 5.74) is 0.103. The van der Waals surface area contributed by atoms with E-state index in [1.807, 2.05) is 0 Å². The summed E-state index contributed by atoms with van der Waals surface area (Å²) in [6, 6.07) is 6.18. The maximum absolute atomic E-state index is 12.5. The van der Waals surface area contributed by atoms with Gasteiger partial charge < -0.3 is 5.32 Å². The maximum Gasteiger partial charge on any atom is 0.416 e. The lowest BCUT2D eigenvalue weighted by Gasteiger charge is -2.08. The Balaban J connectivity index is 1.61. The van der Waals surface area contributed by atoms with E-state index in [9.17, 15) is 18.0 Å². The first-order valence-electron chi connectivity index (χ1n) is 7.20. The van der Waals surface area contributed by atoms with Gasteiger partial charge in [0.15, 0.2) is 0 Å². The van der Waals surface area contributed by atoms with Gasteiger partial charge in [0, 0.05) is 12.4 Å². The molecule has 0 aliphatic heterocycles. The molecule has 0 bridgehead atoms. The smallest absolute Gasteiger partial charge is 0.323 e. The fourth-order valence-electron chi connectivity index (χ4n) is 2.09. The number of aromatic nitrogens is 4. The zero-order valence-corrected chi connectivity index (χ0v) is 12.7. The number of anilines is 1. The quantitative estimate of drug-likeness (QED) is 0.788. The summed E-state index contributed by atoms with van der Waals surface area (Å²) in [7, 11) is 0. The van der Waals surface area contributed by atoms with Crippen molar-refractivity contribution >= 4 is 11.6 Å². The molecule has 6 nitrogen and oxygen atoms in total. The Morgan fingerprint density at radius 2 is 1.80 bits per heavy atom. The molecule has 0 saturated carbocycles. The highest BCUT2D eigenvalue weighted by molar-refractivity contribution is 5.91. The number of rotatable bonds is 4. The maximum atomic E-state index is 12.5. The molecule has 1 aromatic carbocycles. The summed E-state index contributed by atoms with van der Waals surface area (Å²) in [6.07, 6.45) is 1.66. The molecule has 25 heavy (non-hydrogen) atoms. The average Bonchev–Trinajstić information content (AvgIpc) is 3.09. The standard InChI is InChI=1S/C16H12F3N5O/c17-16(18,19)12-4-2-11(3-5-12)8-14(25)23-13-9-20-15(21-10-13)24-7-1-6-22-24/h1-7,9-10H,8H2,(H,23,25). The van der Waals surface area contributed by atoms with E-state index in [1.54, 1.807) is 18.5 Å². The van der Waals surface area contributed by atoms with Crippen molar-refractivity contribution in [3.8, 4) is 5.95 Å². The summed E-state index contributed by atoms with van der Waals surface area (Å²) in [6.45, 7) is 0. The average molecular weight is 347 g/mol. The van der Waals surface area contributed by atoms with Crippen LogP contribution in [0.5, 0.6) is 0 Å². The molecule has 1 N–H and O–H groups in total. The molecule has 0 spiro atoms. The van der Waals surface area contributed by atoms with Gasteiger partial charge in [-0.2, -0.15) is 18.3 Å². The molecular weight excluding hydrogens is 335 g/mol. The van der Waals surface area contributed by atoms with Crippen LogP contribution in [0.15, 0.2) is 55.1 Å². The van der Waals surface area contributed by atoms with E-state index in [2.05, 4.69) is 20.4 Å². The number of amides is 1. The molecule has 3 rings (SSSR count). The van der Waals surface area contributed by atoms with E-state index in [-0.39, 0.29) is 12.3 Å². The lowest BCUT2D eigenvalue weighted by Crippen LogP contribution is -2.15. The van der Waals surface area contributed by atoms with Gasteiger partial charge in [0.1, 0.15) is 0 Å². The van der Waals surface area contributed by atoms with E-state index < -0.39 is 11.7 Å². The molecular formula is C16H12F3N5O. The lowest BCUT2D eigenvalue weighted by atomic mass is 10.1. The van der Waals surface area contributed by atoms with Gasteiger partial charge in [0.2, 0.25) is 5.91 Å². The second-order valence-corrected chi connectivity index (χ2v) is 5.14. The van der Waals surface area contributed by atoms with Gasteiger partial charge in [-0.3, -0.25) is 4.79 Å². The van der Waals surface area contributed by atoms with E-state index in [4.69, 9.17) is 0 Å². The fourth-order valence-corrected chi connectivity index (χ4v) is 2.09. The van der Waals surface area contributed by atoms with E-state index in [1.165, 1.54) is 29.2 Å². The normalized spacial score (nSPS) is 11.3. The minimum atomic E-state index is -4.39. The summed E-state index contributed by atoms with van der Waals surface area (Å²) in [4.78, 5) is 20.1. The molecule has 0 fully saturated rings. The SMILES string of the molecule is O=C(Cc1ccc(C(F)(F)F)cc1)Nc1cnc(-n2cccn2)nc1. The minimum Gasteiger partial charge on any atom is -0.323 e. The van der Waals surface area contributed by atoms with Gasteiger partial charge >= 0.3 is 6.18 Å². The van der Waals surface area contributed by atoms with Gasteiger partial charge in [-0.15, -0.1) is 0 Å². The Morgan fingerprint density at radius 1 is 1.12 bits per heavy atom. The first-order valence-corrected chi connectivity index (χ1v) is 7.20. The zero-order valence-electron chi connectivity index (χ0n) is 12.7. The molecule has 9 heteroatoms. The van der Waals surface area contributed by atoms with Crippen LogP contribution in [0.25, 0.3) is 5.95 Å². The minimum absolute atomic E-state index is 0.0565. The van der Waals surface area contributed by atoms with E-state index in [0.717, 1.165) is 12.1 Å². The van der Waals surface area contributed by atoms with Gasteiger partial charge in [0.05, 0.1) is 30.1 Å². The molecule has 0 atom stereocenters. The van der Waals surface area contributed by atoms with E-state index >= 15 is 0 Å². The van der Waals surface area contributed by atoms with Crippen LogP contribution >= 0.6 is 0 Å². The second-order valence-electron chi connectivity index (χ2n) is 5.14. The molecule has 0 aliphatic carbocycles. The van der Waals surface area contributed by atoms with Crippen LogP contribution in [0, 0.1) is 0 Å². The van der Waals surface area contributed by atoms with Crippen LogP contribution in [0.3, 0.4) is 0 Å². The molecule has 128 valence electrons. The molecule has 3 aromatic rings. The topological polar surface area (TPSA) is 72.7 Å². The molecule has 2 aromatic heterocycles. The van der Waals surface area contributed by atoms with Crippen molar-refractivity contribution in [3.63, 3.8) is 0 Å².